The maximum atomic E-state index is 12.2. The maximum absolute atomic E-state index is 12.2. The van der Waals surface area contributed by atoms with Crippen molar-refractivity contribution in [2.24, 2.45) is 10.8 Å². The first-order valence-electron chi connectivity index (χ1n) is 18.0. The number of hydrogen-bond donors (Lipinski definition) is 1. The van der Waals surface area contributed by atoms with Gasteiger partial charge in [-0.05, 0) is 67.2 Å². The van der Waals surface area contributed by atoms with Crippen LogP contribution in [0.15, 0.2) is 103 Å². The molecule has 1 N–H and O–H groups in total. The van der Waals surface area contributed by atoms with E-state index >= 15 is 0 Å². The van der Waals surface area contributed by atoms with Crippen LogP contribution in [0.2, 0.25) is 0 Å². The van der Waals surface area contributed by atoms with Crippen molar-refractivity contribution in [2.75, 3.05) is 0 Å². The smallest absolute Gasteiger partial charge is 0.164 e. The van der Waals surface area contributed by atoms with Crippen molar-refractivity contribution in [3.05, 3.63) is 120 Å². The Morgan fingerprint density at radius 1 is 0.804 bits per heavy atom. The molecule has 6 aromatic rings. The van der Waals surface area contributed by atoms with Crippen LogP contribution in [-0.2, 0) is 37.7 Å². The van der Waals surface area contributed by atoms with Gasteiger partial charge in [0.2, 0.25) is 0 Å². The number of aryl methyl sites for hydroxylation is 2. The molecule has 3 heterocycles. The van der Waals surface area contributed by atoms with E-state index in [2.05, 4.69) is 78.9 Å². The zero-order chi connectivity index (χ0) is 35.5. The van der Waals surface area contributed by atoms with Crippen molar-refractivity contribution in [3.8, 4) is 33.6 Å². The van der Waals surface area contributed by atoms with Gasteiger partial charge in [0.05, 0.1) is 5.69 Å². The summed E-state index contributed by atoms with van der Waals surface area (Å²) in [5, 5.41) is 13.7. The van der Waals surface area contributed by atoms with Gasteiger partial charge in [-0.1, -0.05) is 113 Å². The van der Waals surface area contributed by atoms with Gasteiger partial charge in [-0.2, -0.15) is 0 Å². The molecule has 3 aromatic carbocycles. The first-order chi connectivity index (χ1) is 24.2. The van der Waals surface area contributed by atoms with Crippen molar-refractivity contribution >= 4 is 38.0 Å². The number of thiophene rings is 1. The van der Waals surface area contributed by atoms with E-state index in [1.807, 2.05) is 71.3 Å². The quantitative estimate of drug-likeness (QED) is 0.0893. The van der Waals surface area contributed by atoms with Crippen LogP contribution in [0.5, 0.6) is 0 Å². The summed E-state index contributed by atoms with van der Waals surface area (Å²) >= 11 is 1.87. The number of carbonyl (C=O) groups is 1. The fraction of sp³-hybridized carbons (Fsp3) is 0.311. The number of fused-ring (bicyclic) bond motifs is 6. The van der Waals surface area contributed by atoms with E-state index in [9.17, 15) is 9.90 Å². The number of ketones is 1. The molecule has 0 unspecified atom stereocenters. The molecular weight excluding hydrogens is 825 g/mol. The Balaban J connectivity index is 0.000000242. The monoisotopic (exact) mass is 872 g/mol. The summed E-state index contributed by atoms with van der Waals surface area (Å²) in [4.78, 5) is 23.2. The number of benzene rings is 3. The third-order valence-corrected chi connectivity index (χ3v) is 12.4. The third-order valence-electron chi connectivity index (χ3n) is 11.1. The van der Waals surface area contributed by atoms with Crippen LogP contribution >= 0.6 is 11.3 Å². The zero-order valence-corrected chi connectivity index (χ0v) is 33.7. The average molecular weight is 872 g/mol. The number of hydrogen-bond acceptors (Lipinski definition) is 5. The van der Waals surface area contributed by atoms with E-state index in [-0.39, 0.29) is 42.5 Å². The molecule has 3 aromatic heterocycles. The predicted molar refractivity (Wildman–Crippen MR) is 211 cm³/mol. The summed E-state index contributed by atoms with van der Waals surface area (Å²) in [5.74, 6) is 0.286. The topological polar surface area (TPSA) is 63.1 Å². The van der Waals surface area contributed by atoms with E-state index in [1.165, 1.54) is 48.7 Å². The second-order valence-corrected chi connectivity index (χ2v) is 15.0. The van der Waals surface area contributed by atoms with E-state index in [1.54, 1.807) is 0 Å². The summed E-state index contributed by atoms with van der Waals surface area (Å²) < 4.78 is 1.23. The average Bonchev–Trinajstić information content (AvgIpc) is 3.57. The standard InChI is InChI=1S/C30H19N2S.C15H28O2.Ir/c1-2-7-19(8-3-1)25-18-22(17-21-9-4-5-11-23(21)25)29-30-24(14-16-32-29)27-26(33-30)13-12-20-10-6-15-31-28(20)27;1-7-14(5,8-2)12(16)11-13(17)15(6,9-3)10-4;/h1-11,14-16,18H,12-13H2;11,16H,7-10H2,1-6H3;/q-1;;/b;12-11-;. The summed E-state index contributed by atoms with van der Waals surface area (Å²) in [7, 11) is 0. The van der Waals surface area contributed by atoms with Gasteiger partial charge in [-0.25, -0.2) is 0 Å². The summed E-state index contributed by atoms with van der Waals surface area (Å²) in [6.45, 7) is 12.1. The van der Waals surface area contributed by atoms with Crippen LogP contribution in [0.25, 0.3) is 54.5 Å². The second kappa shape index (κ2) is 16.2. The van der Waals surface area contributed by atoms with Gasteiger partial charge < -0.3 is 5.11 Å². The first kappa shape index (κ1) is 38.3. The molecule has 0 atom stereocenters. The van der Waals surface area contributed by atoms with Crippen molar-refractivity contribution in [1.29, 1.82) is 0 Å². The van der Waals surface area contributed by atoms with Crippen molar-refractivity contribution in [2.45, 2.75) is 80.1 Å². The van der Waals surface area contributed by atoms with Crippen LogP contribution < -0.4 is 0 Å². The molecule has 0 spiro atoms. The number of nitrogens with zero attached hydrogens (tertiary/aromatic N) is 2. The Morgan fingerprint density at radius 3 is 2.18 bits per heavy atom. The Morgan fingerprint density at radius 2 is 1.47 bits per heavy atom. The molecule has 1 aliphatic rings. The molecule has 0 fully saturated rings. The molecule has 1 radical (unpaired) electrons. The van der Waals surface area contributed by atoms with Crippen molar-refractivity contribution in [1.82, 2.24) is 9.97 Å². The molecule has 4 nitrogen and oxygen atoms in total. The van der Waals surface area contributed by atoms with Gasteiger partial charge in [0.1, 0.15) is 5.76 Å². The molecule has 7 rings (SSSR count). The van der Waals surface area contributed by atoms with Gasteiger partial charge in [0.15, 0.2) is 5.78 Å². The molecule has 0 saturated heterocycles. The van der Waals surface area contributed by atoms with E-state index in [0.29, 0.717) is 0 Å². The summed E-state index contributed by atoms with van der Waals surface area (Å²) in [5.41, 5.74) is 7.64. The molecule has 1 aliphatic carbocycles. The van der Waals surface area contributed by atoms with Gasteiger partial charge in [0.25, 0.3) is 0 Å². The number of allylic oxidation sites excluding steroid dienone is 2. The number of aromatic nitrogens is 2. The van der Waals surface area contributed by atoms with Crippen molar-refractivity contribution < 1.29 is 30.0 Å². The van der Waals surface area contributed by atoms with Crippen LogP contribution in [-0.4, -0.2) is 20.9 Å². The Kier molecular flexibility index (Phi) is 12.1. The molecule has 0 aliphatic heterocycles. The van der Waals surface area contributed by atoms with Crippen LogP contribution in [0.1, 0.15) is 77.7 Å². The minimum absolute atomic E-state index is 0. The Hall–Kier alpha value is -3.96. The second-order valence-electron chi connectivity index (χ2n) is 13.9. The fourth-order valence-electron chi connectivity index (χ4n) is 6.71. The SMILES string of the molecule is CCC(C)(CC)C(=O)/C=C(\O)C(C)(CC)CC.[Ir].[c-]1c(-c2nccc3c4c(sc23)CCc2cccnc2-4)cc(-c2ccccc2)c2ccccc12. The molecule has 51 heavy (non-hydrogen) atoms. The van der Waals surface area contributed by atoms with Gasteiger partial charge in [-0.15, -0.1) is 34.9 Å². The minimum atomic E-state index is -0.337. The minimum Gasteiger partial charge on any atom is -0.512 e. The van der Waals surface area contributed by atoms with Gasteiger partial charge in [-0.3, -0.25) is 14.8 Å². The van der Waals surface area contributed by atoms with E-state index < -0.39 is 0 Å². The predicted octanol–water partition coefficient (Wildman–Crippen LogP) is 12.4. The Bertz CT molecular complexity index is 2180. The number of aliphatic hydroxyl groups excluding tert-OH is 1. The fourth-order valence-corrected chi connectivity index (χ4v) is 8.01. The van der Waals surface area contributed by atoms with Crippen molar-refractivity contribution in [3.63, 3.8) is 0 Å². The zero-order valence-electron chi connectivity index (χ0n) is 30.5. The van der Waals surface area contributed by atoms with Gasteiger partial charge in [0, 0.05) is 70.2 Å². The summed E-state index contributed by atoms with van der Waals surface area (Å²) in [6, 6.07) is 31.4. The molecular formula is C45H47IrN2O2S-. The maximum Gasteiger partial charge on any atom is 0.164 e. The third kappa shape index (κ3) is 7.51. The molecule has 0 bridgehead atoms. The largest absolute Gasteiger partial charge is 0.512 e. The number of aliphatic hydroxyl groups is 1. The van der Waals surface area contributed by atoms with Crippen LogP contribution in [0.4, 0.5) is 0 Å². The Labute approximate surface area is 320 Å². The molecule has 0 saturated carbocycles. The molecule has 6 heteroatoms. The van der Waals surface area contributed by atoms with Crippen LogP contribution in [0.3, 0.4) is 0 Å². The van der Waals surface area contributed by atoms with E-state index in [4.69, 9.17) is 9.97 Å². The first-order valence-corrected chi connectivity index (χ1v) is 18.8. The molecule has 0 amide bonds. The van der Waals surface area contributed by atoms with E-state index in [0.717, 1.165) is 60.9 Å². The number of carbonyl (C=O) groups excluding carboxylic acids is 1. The number of pyridine rings is 2. The normalized spacial score (nSPS) is 12.8. The number of rotatable bonds is 9. The molecule has 265 valence electrons. The van der Waals surface area contributed by atoms with Crippen LogP contribution in [0, 0.1) is 16.9 Å². The summed E-state index contributed by atoms with van der Waals surface area (Å²) in [6.07, 6.45) is 10.7. The van der Waals surface area contributed by atoms with Gasteiger partial charge >= 0.3 is 0 Å².